The van der Waals surface area contributed by atoms with Gasteiger partial charge >= 0.3 is 5.97 Å². The Morgan fingerprint density at radius 2 is 1.69 bits per heavy atom. The molecule has 0 aliphatic rings. The Labute approximate surface area is 78.2 Å². The van der Waals surface area contributed by atoms with E-state index in [1.165, 1.54) is 0 Å². The highest BCUT2D eigenvalue weighted by atomic mass is 16.4. The largest absolute Gasteiger partial charge is 0.480 e. The van der Waals surface area contributed by atoms with E-state index in [0.29, 0.717) is 12.3 Å². The smallest absolute Gasteiger partial charge is 0.320 e. The molecule has 0 amide bonds. The van der Waals surface area contributed by atoms with E-state index in [-0.39, 0.29) is 13.2 Å². The van der Waals surface area contributed by atoms with Gasteiger partial charge in [0.1, 0.15) is 6.04 Å². The maximum atomic E-state index is 10.1. The summed E-state index contributed by atoms with van der Waals surface area (Å²) in [7, 11) is 0. The van der Waals surface area contributed by atoms with Gasteiger partial charge in [-0.25, -0.2) is 0 Å². The predicted molar refractivity (Wildman–Crippen MR) is 49.2 cm³/mol. The van der Waals surface area contributed by atoms with Gasteiger partial charge in [-0.2, -0.15) is 0 Å². The van der Waals surface area contributed by atoms with E-state index in [2.05, 4.69) is 0 Å². The van der Waals surface area contributed by atoms with Gasteiger partial charge in [-0.1, -0.05) is 13.8 Å². The number of carbonyl (C=O) groups is 1. The first-order valence-corrected chi connectivity index (χ1v) is 4.15. The van der Waals surface area contributed by atoms with E-state index in [1.54, 1.807) is 0 Å². The van der Waals surface area contributed by atoms with Crippen molar-refractivity contribution in [2.75, 3.05) is 13.2 Å². The van der Waals surface area contributed by atoms with Crippen LogP contribution >= 0.6 is 0 Å². The van der Waals surface area contributed by atoms with Crippen LogP contribution in [0.4, 0.5) is 0 Å². The van der Waals surface area contributed by atoms with Crippen LogP contribution in [0.3, 0.4) is 0 Å². The molecule has 5 N–H and O–H groups in total. The standard InChI is InChI=1S/C6H13NO2.C2H6O2/c1-4(2)3-5(7)6(8)9;3-1-2-4/h4-5H,3,7H2,1-2H3,(H,8,9);3-4H,1-2H2. The summed E-state index contributed by atoms with van der Waals surface area (Å²) in [6, 6.07) is -0.690. The molecule has 1 unspecified atom stereocenters. The highest BCUT2D eigenvalue weighted by molar-refractivity contribution is 5.72. The summed E-state index contributed by atoms with van der Waals surface area (Å²) >= 11 is 0. The van der Waals surface area contributed by atoms with Crippen LogP contribution < -0.4 is 5.73 Å². The molecule has 0 saturated carbocycles. The lowest BCUT2D eigenvalue weighted by Crippen LogP contribution is -2.31. The first kappa shape index (κ1) is 14.9. The van der Waals surface area contributed by atoms with Crippen LogP contribution in [0, 0.1) is 5.92 Å². The average Bonchev–Trinajstić information content (AvgIpc) is 2.03. The third kappa shape index (κ3) is 14.2. The highest BCUT2D eigenvalue weighted by Gasteiger charge is 2.11. The molecule has 0 aromatic heterocycles. The quantitative estimate of drug-likeness (QED) is 0.478. The highest BCUT2D eigenvalue weighted by Crippen LogP contribution is 2.01. The topological polar surface area (TPSA) is 104 Å². The molecule has 0 spiro atoms. The van der Waals surface area contributed by atoms with Crippen molar-refractivity contribution in [3.05, 3.63) is 0 Å². The number of aliphatic hydroxyl groups is 2. The number of aliphatic carboxylic acids is 1. The molecule has 5 heteroatoms. The van der Waals surface area contributed by atoms with Crippen molar-refractivity contribution in [2.45, 2.75) is 26.3 Å². The molecule has 0 bridgehead atoms. The lowest BCUT2D eigenvalue weighted by Gasteiger charge is -2.07. The van der Waals surface area contributed by atoms with Crippen molar-refractivity contribution in [2.24, 2.45) is 11.7 Å². The summed E-state index contributed by atoms with van der Waals surface area (Å²) in [6.45, 7) is 3.64. The molecular formula is C8H19NO4. The lowest BCUT2D eigenvalue weighted by molar-refractivity contribution is -0.138. The van der Waals surface area contributed by atoms with Crippen LogP contribution in [0.5, 0.6) is 0 Å². The minimum absolute atomic E-state index is 0.125. The second kappa shape index (κ2) is 9.44. The normalized spacial score (nSPS) is 11.8. The molecule has 1 atom stereocenters. The average molecular weight is 193 g/mol. The molecule has 0 radical (unpaired) electrons. The molecule has 0 aromatic rings. The van der Waals surface area contributed by atoms with Crippen molar-refractivity contribution in [1.82, 2.24) is 0 Å². The van der Waals surface area contributed by atoms with E-state index in [1.807, 2.05) is 13.8 Å². The van der Waals surface area contributed by atoms with E-state index in [0.717, 1.165) is 0 Å². The Morgan fingerprint density at radius 1 is 1.31 bits per heavy atom. The molecule has 0 fully saturated rings. The van der Waals surface area contributed by atoms with Crippen LogP contribution in [-0.4, -0.2) is 40.5 Å². The second-order valence-corrected chi connectivity index (χ2v) is 3.02. The van der Waals surface area contributed by atoms with Gasteiger partial charge in [0.2, 0.25) is 0 Å². The molecule has 0 saturated heterocycles. The molecule has 5 nitrogen and oxygen atoms in total. The summed E-state index contributed by atoms with van der Waals surface area (Å²) in [5.74, 6) is -0.556. The summed E-state index contributed by atoms with van der Waals surface area (Å²) < 4.78 is 0. The van der Waals surface area contributed by atoms with E-state index in [4.69, 9.17) is 21.1 Å². The zero-order valence-corrected chi connectivity index (χ0v) is 8.10. The van der Waals surface area contributed by atoms with Crippen LogP contribution in [-0.2, 0) is 4.79 Å². The summed E-state index contributed by atoms with van der Waals surface area (Å²) in [5, 5.41) is 23.6. The van der Waals surface area contributed by atoms with E-state index >= 15 is 0 Å². The SMILES string of the molecule is CC(C)CC(N)C(=O)O.OCCO. The van der Waals surface area contributed by atoms with Gasteiger partial charge in [0.25, 0.3) is 0 Å². The first-order valence-electron chi connectivity index (χ1n) is 4.15. The summed E-state index contributed by atoms with van der Waals surface area (Å²) in [5.41, 5.74) is 5.22. The monoisotopic (exact) mass is 193 g/mol. The maximum absolute atomic E-state index is 10.1. The number of aliphatic hydroxyl groups excluding tert-OH is 2. The van der Waals surface area contributed by atoms with Gasteiger partial charge in [0, 0.05) is 0 Å². The van der Waals surface area contributed by atoms with Crippen LogP contribution in [0.15, 0.2) is 0 Å². The molecule has 0 aliphatic heterocycles. The van der Waals surface area contributed by atoms with Crippen LogP contribution in [0.2, 0.25) is 0 Å². The fourth-order valence-corrected chi connectivity index (χ4v) is 0.609. The molecule has 80 valence electrons. The van der Waals surface area contributed by atoms with Gasteiger partial charge in [-0.15, -0.1) is 0 Å². The number of carboxylic acids is 1. The number of nitrogens with two attached hydrogens (primary N) is 1. The van der Waals surface area contributed by atoms with Crippen LogP contribution in [0.1, 0.15) is 20.3 Å². The van der Waals surface area contributed by atoms with Crippen LogP contribution in [0.25, 0.3) is 0 Å². The summed E-state index contributed by atoms with van der Waals surface area (Å²) in [4.78, 5) is 10.1. The third-order valence-corrected chi connectivity index (χ3v) is 1.14. The number of hydrogen-bond acceptors (Lipinski definition) is 4. The van der Waals surface area contributed by atoms with Gasteiger partial charge in [0.15, 0.2) is 0 Å². The molecule has 0 rings (SSSR count). The molecule has 0 aliphatic carbocycles. The molecule has 13 heavy (non-hydrogen) atoms. The Balaban J connectivity index is 0. The fraction of sp³-hybridized carbons (Fsp3) is 0.875. The maximum Gasteiger partial charge on any atom is 0.320 e. The Kier molecular flexibility index (Phi) is 10.8. The minimum Gasteiger partial charge on any atom is -0.480 e. The van der Waals surface area contributed by atoms with Crippen molar-refractivity contribution >= 4 is 5.97 Å². The molecular weight excluding hydrogens is 174 g/mol. The Hall–Kier alpha value is -0.650. The lowest BCUT2D eigenvalue weighted by atomic mass is 10.1. The fourth-order valence-electron chi connectivity index (χ4n) is 0.609. The molecule has 0 heterocycles. The second-order valence-electron chi connectivity index (χ2n) is 3.02. The number of hydrogen-bond donors (Lipinski definition) is 4. The van der Waals surface area contributed by atoms with E-state index < -0.39 is 12.0 Å². The Bertz CT molecular complexity index is 125. The van der Waals surface area contributed by atoms with Gasteiger partial charge < -0.3 is 21.1 Å². The van der Waals surface area contributed by atoms with Crippen molar-refractivity contribution in [3.63, 3.8) is 0 Å². The summed E-state index contributed by atoms with van der Waals surface area (Å²) in [6.07, 6.45) is 0.551. The molecule has 0 aromatic carbocycles. The Morgan fingerprint density at radius 3 is 1.77 bits per heavy atom. The predicted octanol–water partition coefficient (Wildman–Crippen LogP) is -0.585. The first-order chi connectivity index (χ1) is 5.95. The van der Waals surface area contributed by atoms with Crippen molar-refractivity contribution in [1.29, 1.82) is 0 Å². The zero-order valence-electron chi connectivity index (χ0n) is 8.10. The van der Waals surface area contributed by atoms with Gasteiger partial charge in [0.05, 0.1) is 13.2 Å². The van der Waals surface area contributed by atoms with E-state index in [9.17, 15) is 4.79 Å². The van der Waals surface area contributed by atoms with Crippen molar-refractivity contribution < 1.29 is 20.1 Å². The minimum atomic E-state index is -0.913. The number of carboxylic acid groups (broad SMARTS) is 1. The third-order valence-electron chi connectivity index (χ3n) is 1.14. The van der Waals surface area contributed by atoms with Crippen molar-refractivity contribution in [3.8, 4) is 0 Å². The van der Waals surface area contributed by atoms with Gasteiger partial charge in [-0.05, 0) is 12.3 Å². The van der Waals surface area contributed by atoms with Gasteiger partial charge in [-0.3, -0.25) is 4.79 Å². The number of rotatable bonds is 4. The zero-order chi connectivity index (χ0) is 10.9.